The molecule has 0 saturated carbocycles. The average molecular weight is 244 g/mol. The Morgan fingerprint density at radius 1 is 1.11 bits per heavy atom. The van der Waals surface area contributed by atoms with Gasteiger partial charge in [-0.3, -0.25) is 9.79 Å². The largest absolute Gasteiger partial charge is 0.319 e. The summed E-state index contributed by atoms with van der Waals surface area (Å²) in [5, 5.41) is 4.46. The molecule has 5 rings (SSSR count). The molecule has 0 N–H and O–H groups in total. The Kier molecular flexibility index (Phi) is 1.38. The average Bonchev–Trinajstić information content (AvgIpc) is 3.06. The monoisotopic (exact) mass is 244 g/mol. The summed E-state index contributed by atoms with van der Waals surface area (Å²) < 4.78 is 1.91. The van der Waals surface area contributed by atoms with Gasteiger partial charge in [-0.2, -0.15) is 0 Å². The smallest absolute Gasteiger partial charge is 0.204 e. The van der Waals surface area contributed by atoms with Crippen LogP contribution in [0.2, 0.25) is 0 Å². The van der Waals surface area contributed by atoms with Crippen LogP contribution in [-0.2, 0) is 0 Å². The van der Waals surface area contributed by atoms with Crippen LogP contribution in [0.5, 0.6) is 0 Å². The van der Waals surface area contributed by atoms with Crippen molar-refractivity contribution in [2.24, 2.45) is 4.99 Å². The fourth-order valence-electron chi connectivity index (χ4n) is 3.17. The summed E-state index contributed by atoms with van der Waals surface area (Å²) in [4.78, 5) is 16.5. The summed E-state index contributed by atoms with van der Waals surface area (Å²) in [7, 11) is 0. The third-order valence-electron chi connectivity index (χ3n) is 3.94. The molecule has 3 aromatic rings. The molecular weight excluding hydrogens is 236 g/mol. The van der Waals surface area contributed by atoms with Gasteiger partial charge in [0.05, 0.1) is 5.69 Å². The number of fused-ring (bicyclic) bond motifs is 4. The Labute approximate surface area is 108 Å². The molecule has 0 spiro atoms. The summed E-state index contributed by atoms with van der Waals surface area (Å²) in [5.41, 5.74) is 2.83. The molecule has 2 aliphatic heterocycles. The zero-order valence-corrected chi connectivity index (χ0v) is 9.92. The molecule has 0 radical (unpaired) electrons. The van der Waals surface area contributed by atoms with Crippen LogP contribution in [-0.4, -0.2) is 16.6 Å². The number of allylic oxidation sites excluding steroid dienone is 1. The summed E-state index contributed by atoms with van der Waals surface area (Å²) in [6.45, 7) is 0. The Hall–Kier alpha value is -2.68. The van der Waals surface area contributed by atoms with E-state index in [0.29, 0.717) is 0 Å². The molecule has 2 aromatic carbocycles. The van der Waals surface area contributed by atoms with Crippen molar-refractivity contribution in [3.05, 3.63) is 47.8 Å². The number of carbonyl (C=O) groups is 1. The zero-order chi connectivity index (χ0) is 12.6. The quantitative estimate of drug-likeness (QED) is 0.466. The maximum absolute atomic E-state index is 12.0. The van der Waals surface area contributed by atoms with Gasteiger partial charge in [-0.25, -0.2) is 0 Å². The topological polar surface area (TPSA) is 34.4 Å². The highest BCUT2D eigenvalue weighted by atomic mass is 16.1. The second kappa shape index (κ2) is 2.83. The summed E-state index contributed by atoms with van der Waals surface area (Å²) in [6.07, 6.45) is 7.33. The van der Waals surface area contributed by atoms with Crippen LogP contribution in [0.4, 0.5) is 5.69 Å². The molecule has 3 nitrogen and oxygen atoms in total. The number of hydrogen-bond donors (Lipinski definition) is 0. The lowest BCUT2D eigenvalue weighted by Crippen LogP contribution is -1.95. The van der Waals surface area contributed by atoms with E-state index >= 15 is 0 Å². The SMILES string of the molecule is O=C1C=Cn2cc3cc4cccc5c4c(c3c21)C=N5. The minimum atomic E-state index is 0.0726. The van der Waals surface area contributed by atoms with Crippen LogP contribution in [0.1, 0.15) is 16.1 Å². The standard InChI is InChI=1S/C16H8N2O/c19-13-4-5-18-8-10-6-9-2-1-3-12-14(9)11(7-17-12)15(10)16(13)18/h1-8H. The first-order valence-electron chi connectivity index (χ1n) is 6.20. The van der Waals surface area contributed by atoms with Crippen molar-refractivity contribution < 1.29 is 4.79 Å². The molecule has 3 heterocycles. The van der Waals surface area contributed by atoms with Crippen molar-refractivity contribution in [2.45, 2.75) is 0 Å². The van der Waals surface area contributed by atoms with E-state index < -0.39 is 0 Å². The van der Waals surface area contributed by atoms with Gasteiger partial charge in [-0.05, 0) is 17.5 Å². The molecule has 19 heavy (non-hydrogen) atoms. The maximum atomic E-state index is 12.0. The first-order valence-corrected chi connectivity index (χ1v) is 6.20. The van der Waals surface area contributed by atoms with Crippen molar-refractivity contribution in [1.29, 1.82) is 0 Å². The van der Waals surface area contributed by atoms with E-state index in [1.165, 1.54) is 5.39 Å². The number of aromatic nitrogens is 1. The molecule has 0 fully saturated rings. The van der Waals surface area contributed by atoms with Crippen LogP contribution < -0.4 is 0 Å². The van der Waals surface area contributed by atoms with Gasteiger partial charge in [0, 0.05) is 46.4 Å². The second-order valence-electron chi connectivity index (χ2n) is 4.95. The van der Waals surface area contributed by atoms with Crippen molar-refractivity contribution >= 4 is 45.4 Å². The van der Waals surface area contributed by atoms with Gasteiger partial charge in [0.15, 0.2) is 0 Å². The van der Waals surface area contributed by atoms with Gasteiger partial charge in [0.25, 0.3) is 0 Å². The normalized spacial score (nSPS) is 15.1. The molecule has 0 saturated heterocycles. The molecular formula is C16H8N2O. The van der Waals surface area contributed by atoms with Crippen LogP contribution >= 0.6 is 0 Å². The highest BCUT2D eigenvalue weighted by molar-refractivity contribution is 6.27. The zero-order valence-electron chi connectivity index (χ0n) is 9.92. The fraction of sp³-hybridized carbons (Fsp3) is 0. The lowest BCUT2D eigenvalue weighted by Gasteiger charge is -2.03. The van der Waals surface area contributed by atoms with E-state index in [0.717, 1.165) is 33.1 Å². The van der Waals surface area contributed by atoms with E-state index in [1.807, 2.05) is 35.3 Å². The molecule has 0 unspecified atom stereocenters. The number of benzene rings is 2. The predicted molar refractivity (Wildman–Crippen MR) is 76.4 cm³/mol. The molecule has 0 aliphatic carbocycles. The molecule has 3 heteroatoms. The van der Waals surface area contributed by atoms with Crippen molar-refractivity contribution in [2.75, 3.05) is 0 Å². The molecule has 0 bridgehead atoms. The Morgan fingerprint density at radius 3 is 3.00 bits per heavy atom. The predicted octanol–water partition coefficient (Wildman–Crippen LogP) is 3.53. The Bertz CT molecular complexity index is 973. The van der Waals surface area contributed by atoms with E-state index in [1.54, 1.807) is 6.08 Å². The van der Waals surface area contributed by atoms with Crippen molar-refractivity contribution in [1.82, 2.24) is 4.57 Å². The number of rotatable bonds is 0. The van der Waals surface area contributed by atoms with Gasteiger partial charge < -0.3 is 4.57 Å². The minimum Gasteiger partial charge on any atom is -0.319 e. The van der Waals surface area contributed by atoms with Crippen LogP contribution in [0.15, 0.2) is 41.5 Å². The Morgan fingerprint density at radius 2 is 2.05 bits per heavy atom. The van der Waals surface area contributed by atoms with Gasteiger partial charge in [-0.15, -0.1) is 0 Å². The Balaban J connectivity index is 2.11. The number of carbonyl (C=O) groups excluding carboxylic acids is 1. The number of ketones is 1. The third-order valence-corrected chi connectivity index (χ3v) is 3.94. The fourth-order valence-corrected chi connectivity index (χ4v) is 3.17. The van der Waals surface area contributed by atoms with E-state index in [4.69, 9.17) is 0 Å². The summed E-state index contributed by atoms with van der Waals surface area (Å²) in [5.74, 6) is 0.0726. The summed E-state index contributed by atoms with van der Waals surface area (Å²) in [6, 6.07) is 8.26. The van der Waals surface area contributed by atoms with Gasteiger partial charge in [0.2, 0.25) is 5.78 Å². The number of nitrogens with zero attached hydrogens (tertiary/aromatic N) is 2. The third kappa shape index (κ3) is 0.956. The lowest BCUT2D eigenvalue weighted by atomic mass is 9.98. The number of hydrogen-bond acceptors (Lipinski definition) is 2. The van der Waals surface area contributed by atoms with E-state index in [-0.39, 0.29) is 5.78 Å². The highest BCUT2D eigenvalue weighted by Gasteiger charge is 2.24. The minimum absolute atomic E-state index is 0.0726. The molecule has 2 aliphatic rings. The van der Waals surface area contributed by atoms with Crippen molar-refractivity contribution in [3.63, 3.8) is 0 Å². The van der Waals surface area contributed by atoms with E-state index in [9.17, 15) is 4.79 Å². The van der Waals surface area contributed by atoms with E-state index in [2.05, 4.69) is 17.1 Å². The van der Waals surface area contributed by atoms with Crippen LogP contribution in [0.25, 0.3) is 27.7 Å². The van der Waals surface area contributed by atoms with Gasteiger partial charge in [0.1, 0.15) is 5.69 Å². The highest BCUT2D eigenvalue weighted by Crippen LogP contribution is 2.40. The lowest BCUT2D eigenvalue weighted by molar-refractivity contribution is 0.104. The molecule has 1 aromatic heterocycles. The second-order valence-corrected chi connectivity index (χ2v) is 4.95. The first-order chi connectivity index (χ1) is 9.33. The van der Waals surface area contributed by atoms with Gasteiger partial charge >= 0.3 is 0 Å². The van der Waals surface area contributed by atoms with Crippen molar-refractivity contribution in [3.8, 4) is 0 Å². The number of aliphatic imine (C=N–C) groups is 1. The molecule has 88 valence electrons. The van der Waals surface area contributed by atoms with Gasteiger partial charge in [-0.1, -0.05) is 12.1 Å². The maximum Gasteiger partial charge on any atom is 0.204 e. The molecule has 0 amide bonds. The molecule has 0 atom stereocenters. The van der Waals surface area contributed by atoms with Crippen LogP contribution in [0, 0.1) is 0 Å². The summed E-state index contributed by atoms with van der Waals surface area (Å²) >= 11 is 0. The first kappa shape index (κ1) is 9.28. The van der Waals surface area contributed by atoms with Crippen LogP contribution in [0.3, 0.4) is 0 Å².